The smallest absolute Gasteiger partial charge is 0.355 e. The second-order valence-electron chi connectivity index (χ2n) is 4.13. The Morgan fingerprint density at radius 2 is 1.90 bits per heavy atom. The molecule has 5 nitrogen and oxygen atoms in total. The van der Waals surface area contributed by atoms with Crippen molar-refractivity contribution in [1.29, 1.82) is 0 Å². The number of pyridine rings is 1. The largest absolute Gasteiger partial charge is 0.464 e. The second-order valence-corrected chi connectivity index (χ2v) is 4.13. The summed E-state index contributed by atoms with van der Waals surface area (Å²) < 4.78 is 19.3. The maximum Gasteiger partial charge on any atom is 0.355 e. The molecule has 0 saturated carbocycles. The van der Waals surface area contributed by atoms with Crippen LogP contribution in [0, 0.1) is 5.82 Å². The van der Waals surface area contributed by atoms with E-state index in [4.69, 9.17) is 4.74 Å². The van der Waals surface area contributed by atoms with Gasteiger partial charge in [0, 0.05) is 5.56 Å². The summed E-state index contributed by atoms with van der Waals surface area (Å²) >= 11 is 0. The maximum absolute atomic E-state index is 13.0. The van der Waals surface area contributed by atoms with Gasteiger partial charge in [0.15, 0.2) is 11.5 Å². The predicted octanol–water partition coefficient (Wildman–Crippen LogP) is 2.32. The number of hydrogen-bond donors (Lipinski definition) is 0. The molecule has 0 atom stereocenters. The van der Waals surface area contributed by atoms with Gasteiger partial charge in [-0.05, 0) is 36.4 Å². The molecule has 0 radical (unpaired) electrons. The number of fused-ring (bicyclic) bond motifs is 1. The lowest BCUT2D eigenvalue weighted by atomic mass is 10.2. The average Bonchev–Trinajstić information content (AvgIpc) is 2.91. The molecule has 3 rings (SSSR count). The van der Waals surface area contributed by atoms with Gasteiger partial charge in [-0.25, -0.2) is 9.18 Å². The third-order valence-electron chi connectivity index (χ3n) is 2.93. The van der Waals surface area contributed by atoms with Gasteiger partial charge in [-0.2, -0.15) is 0 Å². The van der Waals surface area contributed by atoms with Gasteiger partial charge in [-0.15, -0.1) is 10.2 Å². The van der Waals surface area contributed by atoms with Crippen LogP contribution >= 0.6 is 0 Å². The maximum atomic E-state index is 13.0. The van der Waals surface area contributed by atoms with Crippen molar-refractivity contribution in [2.45, 2.75) is 0 Å². The van der Waals surface area contributed by atoms with Gasteiger partial charge in [0.25, 0.3) is 0 Å². The van der Waals surface area contributed by atoms with Gasteiger partial charge in [0.05, 0.1) is 7.11 Å². The highest BCUT2D eigenvalue weighted by atomic mass is 19.1. The van der Waals surface area contributed by atoms with Crippen molar-refractivity contribution in [2.24, 2.45) is 0 Å². The zero-order valence-corrected chi connectivity index (χ0v) is 10.6. The summed E-state index contributed by atoms with van der Waals surface area (Å²) in [5.74, 6) is -0.365. The van der Waals surface area contributed by atoms with E-state index < -0.39 is 5.97 Å². The van der Waals surface area contributed by atoms with E-state index in [1.54, 1.807) is 34.7 Å². The fourth-order valence-electron chi connectivity index (χ4n) is 1.99. The minimum Gasteiger partial charge on any atom is -0.464 e. The number of hydrogen-bond acceptors (Lipinski definition) is 4. The van der Waals surface area contributed by atoms with Crippen LogP contribution in [0.4, 0.5) is 4.39 Å². The van der Waals surface area contributed by atoms with E-state index in [9.17, 15) is 9.18 Å². The number of esters is 1. The first-order chi connectivity index (χ1) is 9.70. The highest BCUT2D eigenvalue weighted by Gasteiger charge is 2.16. The van der Waals surface area contributed by atoms with Gasteiger partial charge < -0.3 is 4.74 Å². The van der Waals surface area contributed by atoms with Gasteiger partial charge in [-0.1, -0.05) is 6.07 Å². The number of benzene rings is 1. The number of rotatable bonds is 2. The van der Waals surface area contributed by atoms with Crippen LogP contribution in [-0.4, -0.2) is 27.7 Å². The van der Waals surface area contributed by atoms with E-state index in [1.165, 1.54) is 19.2 Å². The first-order valence-electron chi connectivity index (χ1n) is 5.89. The summed E-state index contributed by atoms with van der Waals surface area (Å²) in [5.41, 5.74) is 1.50. The number of aromatic nitrogens is 3. The van der Waals surface area contributed by atoms with Crippen molar-refractivity contribution < 1.29 is 13.9 Å². The molecule has 0 amide bonds. The van der Waals surface area contributed by atoms with Gasteiger partial charge in [-0.3, -0.25) is 4.40 Å². The van der Waals surface area contributed by atoms with Crippen molar-refractivity contribution in [3.63, 3.8) is 0 Å². The number of ether oxygens (including phenoxy) is 1. The molecule has 0 fully saturated rings. The highest BCUT2D eigenvalue weighted by molar-refractivity contribution is 5.89. The van der Waals surface area contributed by atoms with Crippen LogP contribution in [0.15, 0.2) is 42.5 Å². The Labute approximate surface area is 113 Å². The molecule has 3 aromatic rings. The van der Waals surface area contributed by atoms with Crippen molar-refractivity contribution in [3.05, 3.63) is 54.0 Å². The van der Waals surface area contributed by atoms with E-state index in [2.05, 4.69) is 10.2 Å². The predicted molar refractivity (Wildman–Crippen MR) is 69.7 cm³/mol. The summed E-state index contributed by atoms with van der Waals surface area (Å²) in [6.07, 6.45) is 0. The first kappa shape index (κ1) is 12.3. The van der Waals surface area contributed by atoms with Gasteiger partial charge >= 0.3 is 5.97 Å². The number of halogens is 1. The molecule has 0 N–H and O–H groups in total. The van der Waals surface area contributed by atoms with E-state index >= 15 is 0 Å². The molecule has 6 heteroatoms. The zero-order valence-electron chi connectivity index (χ0n) is 10.6. The van der Waals surface area contributed by atoms with Crippen LogP contribution < -0.4 is 0 Å². The third-order valence-corrected chi connectivity index (χ3v) is 2.93. The standard InChI is InChI=1S/C14H10FN3O2/c1-20-14(19)11-3-2-4-12-16-17-13(18(11)12)9-5-7-10(15)8-6-9/h2-8H,1H3. The Morgan fingerprint density at radius 3 is 2.60 bits per heavy atom. The van der Waals surface area contributed by atoms with Crippen LogP contribution in [0.25, 0.3) is 17.0 Å². The molecule has 0 bridgehead atoms. The van der Waals surface area contributed by atoms with Gasteiger partial charge in [0.2, 0.25) is 0 Å². The fraction of sp³-hybridized carbons (Fsp3) is 0.0714. The Hall–Kier alpha value is -2.76. The van der Waals surface area contributed by atoms with Crippen molar-refractivity contribution in [1.82, 2.24) is 14.6 Å². The molecule has 2 heterocycles. The summed E-state index contributed by atoms with van der Waals surface area (Å²) in [7, 11) is 1.31. The lowest BCUT2D eigenvalue weighted by Gasteiger charge is -2.05. The molecule has 0 unspecified atom stereocenters. The third kappa shape index (κ3) is 1.91. The molecular weight excluding hydrogens is 261 g/mol. The second kappa shape index (κ2) is 4.73. The monoisotopic (exact) mass is 271 g/mol. The molecule has 20 heavy (non-hydrogen) atoms. The van der Waals surface area contributed by atoms with Crippen LogP contribution in [0.3, 0.4) is 0 Å². The zero-order chi connectivity index (χ0) is 14.1. The van der Waals surface area contributed by atoms with Crippen molar-refractivity contribution in [2.75, 3.05) is 7.11 Å². The molecule has 0 aliphatic carbocycles. The lowest BCUT2D eigenvalue weighted by molar-refractivity contribution is 0.0592. The van der Waals surface area contributed by atoms with E-state index in [0.717, 1.165) is 0 Å². The molecular formula is C14H10FN3O2. The first-order valence-corrected chi connectivity index (χ1v) is 5.89. The minimum absolute atomic E-state index is 0.314. The number of carbonyl (C=O) groups is 1. The molecule has 0 saturated heterocycles. The van der Waals surface area contributed by atoms with Crippen LogP contribution in [0.5, 0.6) is 0 Å². The van der Waals surface area contributed by atoms with E-state index in [0.29, 0.717) is 22.7 Å². The average molecular weight is 271 g/mol. The molecule has 0 aliphatic rings. The Kier molecular flexibility index (Phi) is 2.90. The summed E-state index contributed by atoms with van der Waals surface area (Å²) in [4.78, 5) is 11.8. The quantitative estimate of drug-likeness (QED) is 0.671. The number of nitrogens with zero attached hydrogens (tertiary/aromatic N) is 3. The van der Waals surface area contributed by atoms with Crippen LogP contribution in [0.1, 0.15) is 10.5 Å². The van der Waals surface area contributed by atoms with Crippen LogP contribution in [0.2, 0.25) is 0 Å². The minimum atomic E-state index is -0.487. The van der Waals surface area contributed by atoms with Crippen molar-refractivity contribution >= 4 is 11.6 Å². The molecule has 1 aromatic carbocycles. The molecule has 100 valence electrons. The van der Waals surface area contributed by atoms with E-state index in [1.807, 2.05) is 0 Å². The summed E-state index contributed by atoms with van der Waals surface area (Å²) in [6.45, 7) is 0. The number of methoxy groups -OCH3 is 1. The molecule has 2 aromatic heterocycles. The summed E-state index contributed by atoms with van der Waals surface area (Å²) in [6, 6.07) is 10.9. The Bertz CT molecular complexity index is 781. The molecule has 0 aliphatic heterocycles. The lowest BCUT2D eigenvalue weighted by Crippen LogP contribution is -2.08. The Balaban J connectivity index is 2.26. The van der Waals surface area contributed by atoms with Crippen molar-refractivity contribution in [3.8, 4) is 11.4 Å². The fourth-order valence-corrected chi connectivity index (χ4v) is 1.99. The summed E-state index contributed by atoms with van der Waals surface area (Å²) in [5, 5.41) is 8.06. The Morgan fingerprint density at radius 1 is 1.15 bits per heavy atom. The van der Waals surface area contributed by atoms with Crippen LogP contribution in [-0.2, 0) is 4.74 Å². The normalized spacial score (nSPS) is 10.7. The SMILES string of the molecule is COC(=O)c1cccc2nnc(-c3ccc(F)cc3)n12. The van der Waals surface area contributed by atoms with E-state index in [-0.39, 0.29) is 5.82 Å². The topological polar surface area (TPSA) is 56.5 Å². The highest BCUT2D eigenvalue weighted by Crippen LogP contribution is 2.20. The van der Waals surface area contributed by atoms with Gasteiger partial charge in [0.1, 0.15) is 11.5 Å². The number of carbonyl (C=O) groups excluding carboxylic acids is 1. The molecule has 0 spiro atoms.